The van der Waals surface area contributed by atoms with Crippen LogP contribution in [0.5, 0.6) is 5.75 Å². The second-order valence-corrected chi connectivity index (χ2v) is 5.94. The first-order chi connectivity index (χ1) is 10.7. The first-order valence-corrected chi connectivity index (χ1v) is 8.00. The van der Waals surface area contributed by atoms with Crippen LogP contribution in [0, 0.1) is 0 Å². The summed E-state index contributed by atoms with van der Waals surface area (Å²) < 4.78 is 7.57. The van der Waals surface area contributed by atoms with Gasteiger partial charge in [0.15, 0.2) is 0 Å². The zero-order valence-corrected chi connectivity index (χ0v) is 13.1. The number of aromatic nitrogens is 2. The molecule has 2 heterocycles. The standard InChI is InChI=1S/C17H24N4O/c1-14-4-2-9-20(14)10-3-11-22-17-7-5-16(6-8-17)21-13-15(18)12-19-21/h5-8,12-14H,2-4,9-11,18H2,1H3. The van der Waals surface area contributed by atoms with Gasteiger partial charge >= 0.3 is 0 Å². The Morgan fingerprint density at radius 1 is 1.32 bits per heavy atom. The summed E-state index contributed by atoms with van der Waals surface area (Å²) in [7, 11) is 0. The number of hydrogen-bond acceptors (Lipinski definition) is 4. The Labute approximate surface area is 131 Å². The summed E-state index contributed by atoms with van der Waals surface area (Å²) in [6.07, 6.45) is 7.18. The lowest BCUT2D eigenvalue weighted by atomic mass is 10.2. The fraction of sp³-hybridized carbons (Fsp3) is 0.471. The van der Waals surface area contributed by atoms with Gasteiger partial charge in [-0.25, -0.2) is 4.68 Å². The van der Waals surface area contributed by atoms with Gasteiger partial charge in [-0.05, 0) is 57.0 Å². The number of hydrogen-bond donors (Lipinski definition) is 1. The molecule has 22 heavy (non-hydrogen) atoms. The Morgan fingerprint density at radius 2 is 2.14 bits per heavy atom. The van der Waals surface area contributed by atoms with Gasteiger partial charge < -0.3 is 15.4 Å². The smallest absolute Gasteiger partial charge is 0.119 e. The van der Waals surface area contributed by atoms with E-state index in [9.17, 15) is 0 Å². The summed E-state index contributed by atoms with van der Waals surface area (Å²) in [6, 6.07) is 8.67. The first kappa shape index (κ1) is 14.9. The lowest BCUT2D eigenvalue weighted by Gasteiger charge is -2.20. The van der Waals surface area contributed by atoms with Crippen LogP contribution in [-0.2, 0) is 0 Å². The lowest BCUT2D eigenvalue weighted by molar-refractivity contribution is 0.230. The van der Waals surface area contributed by atoms with Gasteiger partial charge in [0.2, 0.25) is 0 Å². The van der Waals surface area contributed by atoms with Crippen molar-refractivity contribution in [1.29, 1.82) is 0 Å². The third-order valence-electron chi connectivity index (χ3n) is 4.25. The highest BCUT2D eigenvalue weighted by atomic mass is 16.5. The molecule has 1 aromatic carbocycles. The van der Waals surface area contributed by atoms with Crippen molar-refractivity contribution in [2.45, 2.75) is 32.2 Å². The largest absolute Gasteiger partial charge is 0.494 e. The molecule has 0 radical (unpaired) electrons. The molecule has 0 bridgehead atoms. The zero-order valence-electron chi connectivity index (χ0n) is 13.1. The quantitative estimate of drug-likeness (QED) is 0.833. The van der Waals surface area contributed by atoms with Crippen molar-refractivity contribution in [3.05, 3.63) is 36.7 Å². The van der Waals surface area contributed by atoms with Crippen LogP contribution in [0.4, 0.5) is 5.69 Å². The summed E-state index contributed by atoms with van der Waals surface area (Å²) in [4.78, 5) is 2.55. The van der Waals surface area contributed by atoms with Crippen LogP contribution in [0.1, 0.15) is 26.2 Å². The van der Waals surface area contributed by atoms with Gasteiger partial charge in [-0.15, -0.1) is 0 Å². The fourth-order valence-corrected chi connectivity index (χ4v) is 2.96. The predicted molar refractivity (Wildman–Crippen MR) is 88.4 cm³/mol. The van der Waals surface area contributed by atoms with E-state index in [2.05, 4.69) is 16.9 Å². The van der Waals surface area contributed by atoms with E-state index < -0.39 is 0 Å². The van der Waals surface area contributed by atoms with Gasteiger partial charge in [0, 0.05) is 12.6 Å². The number of nitrogens with two attached hydrogens (primary N) is 1. The van der Waals surface area contributed by atoms with Crippen LogP contribution in [-0.4, -0.2) is 40.4 Å². The molecule has 1 unspecified atom stereocenters. The van der Waals surface area contributed by atoms with E-state index in [0.717, 1.165) is 37.1 Å². The Bertz CT molecular complexity index is 593. The molecule has 1 atom stereocenters. The van der Waals surface area contributed by atoms with Gasteiger partial charge in [0.1, 0.15) is 5.75 Å². The Morgan fingerprint density at radius 3 is 2.77 bits per heavy atom. The highest BCUT2D eigenvalue weighted by Gasteiger charge is 2.18. The third kappa shape index (κ3) is 3.60. The third-order valence-corrected chi connectivity index (χ3v) is 4.25. The fourth-order valence-electron chi connectivity index (χ4n) is 2.96. The number of likely N-dealkylation sites (tertiary alicyclic amines) is 1. The molecule has 1 fully saturated rings. The molecule has 1 aromatic heterocycles. The van der Waals surface area contributed by atoms with Gasteiger partial charge in [0.05, 0.1) is 30.4 Å². The van der Waals surface area contributed by atoms with Crippen LogP contribution in [0.2, 0.25) is 0 Å². The van der Waals surface area contributed by atoms with Crippen LogP contribution >= 0.6 is 0 Å². The Balaban J connectivity index is 1.45. The van der Waals surface area contributed by atoms with Crippen molar-refractivity contribution in [3.8, 4) is 11.4 Å². The molecule has 2 N–H and O–H groups in total. The van der Waals surface area contributed by atoms with Gasteiger partial charge in [-0.2, -0.15) is 5.10 Å². The molecule has 1 saturated heterocycles. The van der Waals surface area contributed by atoms with Crippen molar-refractivity contribution in [2.24, 2.45) is 0 Å². The Kier molecular flexibility index (Phi) is 4.63. The zero-order chi connectivity index (χ0) is 15.4. The molecule has 0 saturated carbocycles. The maximum Gasteiger partial charge on any atom is 0.119 e. The van der Waals surface area contributed by atoms with Crippen LogP contribution < -0.4 is 10.5 Å². The molecule has 5 heteroatoms. The van der Waals surface area contributed by atoms with Crippen molar-refractivity contribution < 1.29 is 4.74 Å². The molecule has 5 nitrogen and oxygen atoms in total. The maximum atomic E-state index is 5.82. The van der Waals surface area contributed by atoms with E-state index >= 15 is 0 Å². The second-order valence-electron chi connectivity index (χ2n) is 5.94. The highest BCUT2D eigenvalue weighted by molar-refractivity contribution is 5.40. The van der Waals surface area contributed by atoms with Crippen molar-refractivity contribution >= 4 is 5.69 Å². The van der Waals surface area contributed by atoms with E-state index in [4.69, 9.17) is 10.5 Å². The summed E-state index contributed by atoms with van der Waals surface area (Å²) in [5.41, 5.74) is 7.32. The monoisotopic (exact) mass is 300 g/mol. The van der Waals surface area contributed by atoms with Crippen molar-refractivity contribution in [1.82, 2.24) is 14.7 Å². The predicted octanol–water partition coefficient (Wildman–Crippen LogP) is 2.71. The summed E-state index contributed by atoms with van der Waals surface area (Å²) in [5.74, 6) is 0.901. The number of nitrogens with zero attached hydrogens (tertiary/aromatic N) is 3. The van der Waals surface area contributed by atoms with Crippen LogP contribution in [0.25, 0.3) is 5.69 Å². The normalized spacial score (nSPS) is 18.7. The molecule has 0 spiro atoms. The number of benzene rings is 1. The number of rotatable bonds is 6. The van der Waals surface area contributed by atoms with E-state index in [1.165, 1.54) is 19.4 Å². The number of anilines is 1. The molecule has 3 rings (SSSR count). The Hall–Kier alpha value is -2.01. The second kappa shape index (κ2) is 6.83. The van der Waals surface area contributed by atoms with Crippen molar-refractivity contribution in [2.75, 3.05) is 25.4 Å². The van der Waals surface area contributed by atoms with Crippen LogP contribution in [0.3, 0.4) is 0 Å². The summed E-state index contributed by atoms with van der Waals surface area (Å²) in [5, 5.41) is 4.19. The average molecular weight is 300 g/mol. The molecule has 118 valence electrons. The molecule has 0 amide bonds. The van der Waals surface area contributed by atoms with Crippen LogP contribution in [0.15, 0.2) is 36.7 Å². The van der Waals surface area contributed by atoms with Gasteiger partial charge in [-0.3, -0.25) is 0 Å². The molecular weight excluding hydrogens is 276 g/mol. The maximum absolute atomic E-state index is 5.82. The SMILES string of the molecule is CC1CCCN1CCCOc1ccc(-n2cc(N)cn2)cc1. The molecular formula is C17H24N4O. The average Bonchev–Trinajstić information content (AvgIpc) is 3.13. The lowest BCUT2D eigenvalue weighted by Crippen LogP contribution is -2.28. The first-order valence-electron chi connectivity index (χ1n) is 8.00. The van der Waals surface area contributed by atoms with E-state index in [1.54, 1.807) is 17.1 Å². The minimum atomic E-state index is 0.663. The van der Waals surface area contributed by atoms with Crippen molar-refractivity contribution in [3.63, 3.8) is 0 Å². The van der Waals surface area contributed by atoms with Gasteiger partial charge in [-0.1, -0.05) is 0 Å². The number of nitrogen functional groups attached to an aromatic ring is 1. The van der Waals surface area contributed by atoms with E-state index in [0.29, 0.717) is 5.69 Å². The molecule has 1 aliphatic rings. The minimum Gasteiger partial charge on any atom is -0.494 e. The summed E-state index contributed by atoms with van der Waals surface area (Å²) >= 11 is 0. The molecule has 0 aliphatic carbocycles. The van der Waals surface area contributed by atoms with E-state index in [-0.39, 0.29) is 0 Å². The molecule has 2 aromatic rings. The van der Waals surface area contributed by atoms with E-state index in [1.807, 2.05) is 24.3 Å². The molecule has 1 aliphatic heterocycles. The highest BCUT2D eigenvalue weighted by Crippen LogP contribution is 2.18. The summed E-state index contributed by atoms with van der Waals surface area (Å²) in [6.45, 7) is 5.45. The topological polar surface area (TPSA) is 56.3 Å². The minimum absolute atomic E-state index is 0.663. The van der Waals surface area contributed by atoms with Gasteiger partial charge in [0.25, 0.3) is 0 Å². The number of ether oxygens (including phenoxy) is 1.